The molecule has 0 amide bonds. The molecule has 15 heavy (non-hydrogen) atoms. The Bertz CT molecular complexity index is 447. The van der Waals surface area contributed by atoms with E-state index in [0.29, 0.717) is 12.8 Å². The third-order valence-electron chi connectivity index (χ3n) is 2.97. The fourth-order valence-corrected chi connectivity index (χ4v) is 2.03. The number of rotatable bonds is 1. The van der Waals surface area contributed by atoms with Crippen LogP contribution in [0.1, 0.15) is 24.8 Å². The SMILES string of the molecule is N#CC1(c2ccc(F)c(Cl)c2F)CCC1. The van der Waals surface area contributed by atoms with E-state index in [-0.39, 0.29) is 5.56 Å². The zero-order valence-corrected chi connectivity index (χ0v) is 8.61. The summed E-state index contributed by atoms with van der Waals surface area (Å²) in [5.74, 6) is -1.58. The second-order valence-electron chi connectivity index (χ2n) is 3.77. The Hall–Kier alpha value is -1.14. The predicted octanol–water partition coefficient (Wildman–Crippen LogP) is 3.56. The maximum absolute atomic E-state index is 13.6. The first-order valence-electron chi connectivity index (χ1n) is 4.66. The molecule has 0 heterocycles. The zero-order chi connectivity index (χ0) is 11.1. The average molecular weight is 228 g/mol. The average Bonchev–Trinajstić information content (AvgIpc) is 2.17. The smallest absolute Gasteiger partial charge is 0.149 e. The molecule has 1 aliphatic rings. The standard InChI is InChI=1S/C11H8ClF2N/c12-9-8(13)3-2-7(10(9)14)11(6-15)4-1-5-11/h2-3H,1,4-5H2. The lowest BCUT2D eigenvalue weighted by molar-refractivity contribution is 0.312. The minimum absolute atomic E-state index is 0.225. The van der Waals surface area contributed by atoms with Gasteiger partial charge in [-0.15, -0.1) is 0 Å². The summed E-state index contributed by atoms with van der Waals surface area (Å²) in [6, 6.07) is 4.53. The monoisotopic (exact) mass is 227 g/mol. The fourth-order valence-electron chi connectivity index (χ4n) is 1.87. The molecule has 1 saturated carbocycles. The Morgan fingerprint density at radius 1 is 1.33 bits per heavy atom. The largest absolute Gasteiger partial charge is 0.205 e. The second kappa shape index (κ2) is 3.46. The van der Waals surface area contributed by atoms with Crippen LogP contribution in [-0.4, -0.2) is 0 Å². The maximum atomic E-state index is 13.6. The Morgan fingerprint density at radius 2 is 2.00 bits per heavy atom. The molecule has 0 unspecified atom stereocenters. The van der Waals surface area contributed by atoms with E-state index in [1.54, 1.807) is 0 Å². The van der Waals surface area contributed by atoms with Gasteiger partial charge in [0.25, 0.3) is 0 Å². The van der Waals surface area contributed by atoms with Gasteiger partial charge < -0.3 is 0 Å². The van der Waals surface area contributed by atoms with Gasteiger partial charge >= 0.3 is 0 Å². The molecule has 0 aromatic heterocycles. The van der Waals surface area contributed by atoms with Crippen LogP contribution in [0.5, 0.6) is 0 Å². The normalized spacial score (nSPS) is 18.0. The summed E-state index contributed by atoms with van der Waals surface area (Å²) in [7, 11) is 0. The molecular weight excluding hydrogens is 220 g/mol. The van der Waals surface area contributed by atoms with Crippen LogP contribution in [0.2, 0.25) is 5.02 Å². The van der Waals surface area contributed by atoms with Crippen LogP contribution in [0.15, 0.2) is 12.1 Å². The van der Waals surface area contributed by atoms with E-state index in [4.69, 9.17) is 16.9 Å². The van der Waals surface area contributed by atoms with Gasteiger partial charge in [-0.2, -0.15) is 5.26 Å². The van der Waals surface area contributed by atoms with Crippen LogP contribution in [0.4, 0.5) is 8.78 Å². The molecule has 4 heteroatoms. The van der Waals surface area contributed by atoms with Gasteiger partial charge in [-0.1, -0.05) is 17.7 Å². The molecular formula is C11H8ClF2N. The predicted molar refractivity (Wildman–Crippen MR) is 52.5 cm³/mol. The third-order valence-corrected chi connectivity index (χ3v) is 3.32. The topological polar surface area (TPSA) is 23.8 Å². The minimum Gasteiger partial charge on any atom is -0.205 e. The molecule has 1 fully saturated rings. The van der Waals surface area contributed by atoms with Crippen LogP contribution < -0.4 is 0 Å². The molecule has 1 aromatic rings. The fraction of sp³-hybridized carbons (Fsp3) is 0.364. The van der Waals surface area contributed by atoms with Crippen molar-refractivity contribution in [3.8, 4) is 6.07 Å². The third kappa shape index (κ3) is 1.40. The lowest BCUT2D eigenvalue weighted by Gasteiger charge is -2.35. The van der Waals surface area contributed by atoms with Gasteiger partial charge in [0.05, 0.1) is 11.5 Å². The summed E-state index contributed by atoms with van der Waals surface area (Å²) in [6.45, 7) is 0. The van der Waals surface area contributed by atoms with Crippen molar-refractivity contribution in [2.75, 3.05) is 0 Å². The molecule has 1 aromatic carbocycles. The molecule has 0 N–H and O–H groups in total. The summed E-state index contributed by atoms with van der Waals surface area (Å²) in [5.41, 5.74) is -0.566. The van der Waals surface area contributed by atoms with Crippen LogP contribution in [-0.2, 0) is 5.41 Å². The maximum Gasteiger partial charge on any atom is 0.149 e. The van der Waals surface area contributed by atoms with E-state index in [0.717, 1.165) is 12.5 Å². The van der Waals surface area contributed by atoms with Crippen molar-refractivity contribution < 1.29 is 8.78 Å². The highest BCUT2D eigenvalue weighted by Crippen LogP contribution is 2.45. The number of hydrogen-bond donors (Lipinski definition) is 0. The highest BCUT2D eigenvalue weighted by molar-refractivity contribution is 6.31. The van der Waals surface area contributed by atoms with Gasteiger partial charge in [0, 0.05) is 5.56 Å². The van der Waals surface area contributed by atoms with Gasteiger partial charge in [0.15, 0.2) is 0 Å². The summed E-state index contributed by atoms with van der Waals surface area (Å²) < 4.78 is 26.6. The molecule has 1 nitrogen and oxygen atoms in total. The highest BCUT2D eigenvalue weighted by atomic mass is 35.5. The molecule has 0 saturated heterocycles. The number of halogens is 3. The summed E-state index contributed by atoms with van der Waals surface area (Å²) >= 11 is 5.47. The molecule has 0 bridgehead atoms. The summed E-state index contributed by atoms with van der Waals surface area (Å²) in [4.78, 5) is 0. The Morgan fingerprint density at radius 3 is 2.47 bits per heavy atom. The number of benzene rings is 1. The second-order valence-corrected chi connectivity index (χ2v) is 4.15. The molecule has 78 valence electrons. The lowest BCUT2D eigenvalue weighted by Crippen LogP contribution is -2.33. The van der Waals surface area contributed by atoms with Crippen molar-refractivity contribution in [2.24, 2.45) is 0 Å². The van der Waals surface area contributed by atoms with Gasteiger partial charge in [-0.3, -0.25) is 0 Å². The van der Waals surface area contributed by atoms with Gasteiger partial charge in [0.1, 0.15) is 16.7 Å². The van der Waals surface area contributed by atoms with Gasteiger partial charge in [-0.05, 0) is 25.3 Å². The number of nitrogens with zero attached hydrogens (tertiary/aromatic N) is 1. The van der Waals surface area contributed by atoms with Crippen molar-refractivity contribution >= 4 is 11.6 Å². The molecule has 0 atom stereocenters. The van der Waals surface area contributed by atoms with E-state index in [2.05, 4.69) is 6.07 Å². The molecule has 2 rings (SSSR count). The number of hydrogen-bond acceptors (Lipinski definition) is 1. The summed E-state index contributed by atoms with van der Waals surface area (Å²) in [5, 5.41) is 8.50. The zero-order valence-electron chi connectivity index (χ0n) is 7.86. The minimum atomic E-state index is -0.794. The molecule has 0 radical (unpaired) electrons. The van der Waals surface area contributed by atoms with Crippen molar-refractivity contribution in [1.29, 1.82) is 5.26 Å². The van der Waals surface area contributed by atoms with Crippen LogP contribution >= 0.6 is 11.6 Å². The first kappa shape index (κ1) is 10.4. The van der Waals surface area contributed by atoms with Crippen LogP contribution in [0.3, 0.4) is 0 Å². The molecule has 0 spiro atoms. The van der Waals surface area contributed by atoms with Crippen molar-refractivity contribution in [3.05, 3.63) is 34.4 Å². The Kier molecular flexibility index (Phi) is 2.40. The van der Waals surface area contributed by atoms with Crippen molar-refractivity contribution in [2.45, 2.75) is 24.7 Å². The lowest BCUT2D eigenvalue weighted by atomic mass is 9.65. The first-order valence-corrected chi connectivity index (χ1v) is 5.04. The molecule has 1 aliphatic carbocycles. The van der Waals surface area contributed by atoms with E-state index >= 15 is 0 Å². The van der Waals surface area contributed by atoms with E-state index in [1.807, 2.05) is 0 Å². The van der Waals surface area contributed by atoms with E-state index in [9.17, 15) is 8.78 Å². The first-order chi connectivity index (χ1) is 7.10. The van der Waals surface area contributed by atoms with Gasteiger partial charge in [-0.25, -0.2) is 8.78 Å². The van der Waals surface area contributed by atoms with Crippen LogP contribution in [0, 0.1) is 23.0 Å². The van der Waals surface area contributed by atoms with E-state index < -0.39 is 22.1 Å². The highest BCUT2D eigenvalue weighted by Gasteiger charge is 2.41. The molecule has 0 aliphatic heterocycles. The number of nitriles is 1. The van der Waals surface area contributed by atoms with E-state index in [1.165, 1.54) is 6.07 Å². The van der Waals surface area contributed by atoms with Crippen molar-refractivity contribution in [3.63, 3.8) is 0 Å². The van der Waals surface area contributed by atoms with Crippen LogP contribution in [0.25, 0.3) is 0 Å². The van der Waals surface area contributed by atoms with Gasteiger partial charge in [0.2, 0.25) is 0 Å². The summed E-state index contributed by atoms with van der Waals surface area (Å²) in [6.07, 6.45) is 2.12. The van der Waals surface area contributed by atoms with Crippen molar-refractivity contribution in [1.82, 2.24) is 0 Å². The Balaban J connectivity index is 2.55. The quantitative estimate of drug-likeness (QED) is 0.673. The Labute approximate surface area is 91.3 Å².